The molecule has 25 heavy (non-hydrogen) atoms. The average molecular weight is 381 g/mol. The Balaban J connectivity index is 2.32. The maximum atomic E-state index is 13.7. The molecule has 10 heteroatoms. The SMILES string of the molecule is N#Cc1ccc(C=CS(=O)(=O)Nc2cccc(F)c2S(N)(=O)=O)cc1. The van der Waals surface area contributed by atoms with E-state index in [9.17, 15) is 21.2 Å². The van der Waals surface area contributed by atoms with Crippen molar-refractivity contribution in [3.8, 4) is 6.07 Å². The molecule has 130 valence electrons. The van der Waals surface area contributed by atoms with Crippen LogP contribution in [0, 0.1) is 17.1 Å². The summed E-state index contributed by atoms with van der Waals surface area (Å²) in [6, 6.07) is 11.1. The van der Waals surface area contributed by atoms with Gasteiger partial charge in [0.1, 0.15) is 10.7 Å². The van der Waals surface area contributed by atoms with E-state index in [0.717, 1.165) is 23.6 Å². The number of nitrogens with one attached hydrogen (secondary N) is 1. The van der Waals surface area contributed by atoms with E-state index in [2.05, 4.69) is 0 Å². The lowest BCUT2D eigenvalue weighted by Crippen LogP contribution is -2.19. The summed E-state index contributed by atoms with van der Waals surface area (Å²) in [5.74, 6) is -1.17. The highest BCUT2D eigenvalue weighted by Crippen LogP contribution is 2.24. The summed E-state index contributed by atoms with van der Waals surface area (Å²) in [5, 5.41) is 14.4. The van der Waals surface area contributed by atoms with Gasteiger partial charge >= 0.3 is 0 Å². The Kier molecular flexibility index (Phi) is 5.22. The summed E-state index contributed by atoms with van der Waals surface area (Å²) in [6.07, 6.45) is 1.24. The van der Waals surface area contributed by atoms with Crippen molar-refractivity contribution >= 4 is 31.8 Å². The second-order valence-corrected chi connectivity index (χ2v) is 7.91. The van der Waals surface area contributed by atoms with Crippen LogP contribution in [-0.2, 0) is 20.0 Å². The lowest BCUT2D eigenvalue weighted by molar-refractivity contribution is 0.569. The molecular weight excluding hydrogens is 369 g/mol. The van der Waals surface area contributed by atoms with Gasteiger partial charge in [-0.05, 0) is 35.9 Å². The molecule has 2 aromatic rings. The molecular formula is C15H12FN3O4S2. The molecule has 0 spiro atoms. The minimum atomic E-state index is -4.47. The molecule has 0 aliphatic rings. The third-order valence-electron chi connectivity index (χ3n) is 2.98. The number of hydrogen-bond donors (Lipinski definition) is 2. The van der Waals surface area contributed by atoms with Crippen LogP contribution in [0.2, 0.25) is 0 Å². The summed E-state index contributed by atoms with van der Waals surface area (Å²) in [6.45, 7) is 0. The maximum Gasteiger partial charge on any atom is 0.255 e. The van der Waals surface area contributed by atoms with E-state index in [1.807, 2.05) is 10.8 Å². The average Bonchev–Trinajstić information content (AvgIpc) is 2.52. The van der Waals surface area contributed by atoms with E-state index in [1.165, 1.54) is 30.3 Å². The number of halogens is 1. The van der Waals surface area contributed by atoms with Crippen LogP contribution < -0.4 is 9.86 Å². The second kappa shape index (κ2) is 7.02. The van der Waals surface area contributed by atoms with Crippen LogP contribution >= 0.6 is 0 Å². The van der Waals surface area contributed by atoms with Gasteiger partial charge < -0.3 is 0 Å². The van der Waals surface area contributed by atoms with Gasteiger partial charge in [0, 0.05) is 0 Å². The fraction of sp³-hybridized carbons (Fsp3) is 0. The molecule has 0 fully saturated rings. The van der Waals surface area contributed by atoms with Crippen molar-refractivity contribution in [3.63, 3.8) is 0 Å². The molecule has 0 atom stereocenters. The Morgan fingerprint density at radius 1 is 1.08 bits per heavy atom. The molecule has 0 aliphatic carbocycles. The van der Waals surface area contributed by atoms with Crippen LogP contribution in [-0.4, -0.2) is 16.8 Å². The van der Waals surface area contributed by atoms with Crippen molar-refractivity contribution < 1.29 is 21.2 Å². The largest absolute Gasteiger partial charge is 0.279 e. The van der Waals surface area contributed by atoms with Gasteiger partial charge in [0.05, 0.1) is 22.7 Å². The Morgan fingerprint density at radius 3 is 2.28 bits per heavy atom. The van der Waals surface area contributed by atoms with Crippen molar-refractivity contribution in [2.24, 2.45) is 5.14 Å². The molecule has 0 saturated heterocycles. The number of primary sulfonamides is 1. The number of nitrogens with two attached hydrogens (primary N) is 1. The number of benzene rings is 2. The molecule has 2 aromatic carbocycles. The van der Waals surface area contributed by atoms with E-state index < -0.39 is 36.4 Å². The maximum absolute atomic E-state index is 13.7. The van der Waals surface area contributed by atoms with E-state index in [0.29, 0.717) is 11.1 Å². The van der Waals surface area contributed by atoms with Crippen molar-refractivity contribution in [1.82, 2.24) is 0 Å². The van der Waals surface area contributed by atoms with Gasteiger partial charge in [0.25, 0.3) is 10.0 Å². The molecule has 0 radical (unpaired) electrons. The fourth-order valence-electron chi connectivity index (χ4n) is 1.90. The molecule has 0 aliphatic heterocycles. The van der Waals surface area contributed by atoms with Crippen molar-refractivity contribution in [2.75, 3.05) is 4.72 Å². The normalized spacial score (nSPS) is 12.0. The first-order chi connectivity index (χ1) is 11.6. The third-order valence-corrected chi connectivity index (χ3v) is 4.97. The van der Waals surface area contributed by atoms with Crippen LogP contribution in [0.5, 0.6) is 0 Å². The predicted octanol–water partition coefficient (Wildman–Crippen LogP) is 1.76. The van der Waals surface area contributed by atoms with Gasteiger partial charge in [0.2, 0.25) is 10.0 Å². The summed E-state index contributed by atoms with van der Waals surface area (Å²) in [5.41, 5.74) is 0.415. The number of hydrogen-bond acceptors (Lipinski definition) is 5. The Labute approximate surface area is 144 Å². The first-order valence-corrected chi connectivity index (χ1v) is 9.74. The van der Waals surface area contributed by atoms with Gasteiger partial charge in [-0.25, -0.2) is 26.4 Å². The van der Waals surface area contributed by atoms with Gasteiger partial charge in [0.15, 0.2) is 0 Å². The van der Waals surface area contributed by atoms with Crippen molar-refractivity contribution in [2.45, 2.75) is 4.90 Å². The molecule has 0 saturated carbocycles. The molecule has 0 heterocycles. The first kappa shape index (κ1) is 18.6. The predicted molar refractivity (Wildman–Crippen MR) is 90.5 cm³/mol. The van der Waals surface area contributed by atoms with E-state index in [1.54, 1.807) is 0 Å². The van der Waals surface area contributed by atoms with Crippen LogP contribution in [0.1, 0.15) is 11.1 Å². The zero-order valence-electron chi connectivity index (χ0n) is 12.5. The monoisotopic (exact) mass is 381 g/mol. The summed E-state index contributed by atoms with van der Waals surface area (Å²) < 4.78 is 62.7. The van der Waals surface area contributed by atoms with Crippen LogP contribution in [0.15, 0.2) is 52.8 Å². The molecule has 2 rings (SSSR count). The number of nitriles is 1. The number of nitrogens with zero attached hydrogens (tertiary/aromatic N) is 1. The Morgan fingerprint density at radius 2 is 1.72 bits per heavy atom. The molecule has 0 amide bonds. The van der Waals surface area contributed by atoms with Crippen LogP contribution in [0.3, 0.4) is 0 Å². The highest BCUT2D eigenvalue weighted by atomic mass is 32.2. The number of sulfonamides is 2. The standard InChI is InChI=1S/C15H12FN3O4S2/c16-13-2-1-3-14(15(13)25(18,22)23)19-24(20,21)9-8-11-4-6-12(10-17)7-5-11/h1-9,19H,(H2,18,22,23). The van der Waals surface area contributed by atoms with Gasteiger partial charge in [-0.2, -0.15) is 5.26 Å². The first-order valence-electron chi connectivity index (χ1n) is 6.65. The topological polar surface area (TPSA) is 130 Å². The second-order valence-electron chi connectivity index (χ2n) is 4.85. The molecule has 3 N–H and O–H groups in total. The quantitative estimate of drug-likeness (QED) is 0.815. The third kappa shape index (κ3) is 4.87. The minimum Gasteiger partial charge on any atom is -0.279 e. The number of anilines is 1. The molecule has 0 aromatic heterocycles. The van der Waals surface area contributed by atoms with E-state index >= 15 is 0 Å². The smallest absolute Gasteiger partial charge is 0.255 e. The van der Waals surface area contributed by atoms with E-state index in [-0.39, 0.29) is 0 Å². The van der Waals surface area contributed by atoms with Crippen molar-refractivity contribution in [1.29, 1.82) is 5.26 Å². The zero-order chi connectivity index (χ0) is 18.7. The highest BCUT2D eigenvalue weighted by molar-refractivity contribution is 7.95. The van der Waals surface area contributed by atoms with Crippen molar-refractivity contribution in [3.05, 3.63) is 64.8 Å². The van der Waals surface area contributed by atoms with Gasteiger partial charge in [-0.3, -0.25) is 4.72 Å². The Hall–Kier alpha value is -2.74. The zero-order valence-corrected chi connectivity index (χ0v) is 14.2. The van der Waals surface area contributed by atoms with Gasteiger partial charge in [-0.1, -0.05) is 18.2 Å². The summed E-state index contributed by atoms with van der Waals surface area (Å²) in [7, 11) is -8.60. The fourth-order valence-corrected chi connectivity index (χ4v) is 3.61. The minimum absolute atomic E-state index is 0.413. The lowest BCUT2D eigenvalue weighted by atomic mass is 10.1. The Bertz CT molecular complexity index is 1070. The number of rotatable bonds is 5. The highest BCUT2D eigenvalue weighted by Gasteiger charge is 2.21. The van der Waals surface area contributed by atoms with Crippen LogP contribution in [0.4, 0.5) is 10.1 Å². The van der Waals surface area contributed by atoms with E-state index in [4.69, 9.17) is 10.4 Å². The molecule has 0 unspecified atom stereocenters. The molecule has 0 bridgehead atoms. The lowest BCUT2D eigenvalue weighted by Gasteiger charge is -2.10. The molecule has 7 nitrogen and oxygen atoms in total. The summed E-state index contributed by atoms with van der Waals surface area (Å²) >= 11 is 0. The van der Waals surface area contributed by atoms with Crippen LogP contribution in [0.25, 0.3) is 6.08 Å². The van der Waals surface area contributed by atoms with Gasteiger partial charge in [-0.15, -0.1) is 0 Å². The summed E-state index contributed by atoms with van der Waals surface area (Å²) in [4.78, 5) is -0.939.